The first-order valence-corrected chi connectivity index (χ1v) is 24.1. The summed E-state index contributed by atoms with van der Waals surface area (Å²) >= 11 is 0. The van der Waals surface area contributed by atoms with E-state index < -0.39 is 32.9 Å². The SMILES string of the molecule is C[Si]1(C)CCC[Si](C)(C)N1N=C1CCC(=O)CC1=NN1[Si](C)(C)CCC[Si]1(C)C. The maximum atomic E-state index is 12.4. The molecule has 3 aliphatic rings. The van der Waals surface area contributed by atoms with Crippen molar-refractivity contribution in [2.24, 2.45) is 10.2 Å². The van der Waals surface area contributed by atoms with Crippen LogP contribution in [0.4, 0.5) is 0 Å². The van der Waals surface area contributed by atoms with Gasteiger partial charge < -0.3 is 8.68 Å². The molecule has 0 aromatic heterocycles. The molecule has 164 valence electrons. The van der Waals surface area contributed by atoms with Crippen molar-refractivity contribution in [2.45, 2.75) is 109 Å². The summed E-state index contributed by atoms with van der Waals surface area (Å²) in [6.07, 6.45) is 4.62. The van der Waals surface area contributed by atoms with Crippen LogP contribution >= 0.6 is 0 Å². The van der Waals surface area contributed by atoms with Crippen LogP contribution in [-0.4, -0.2) is 58.8 Å². The number of hydrogen-bond acceptors (Lipinski definition) is 5. The van der Waals surface area contributed by atoms with Crippen molar-refractivity contribution in [3.8, 4) is 0 Å². The summed E-state index contributed by atoms with van der Waals surface area (Å²) in [5, 5.41) is 10.7. The van der Waals surface area contributed by atoms with Gasteiger partial charge in [-0.1, -0.05) is 65.2 Å². The van der Waals surface area contributed by atoms with E-state index >= 15 is 0 Å². The molecule has 0 bridgehead atoms. The first kappa shape index (κ1) is 23.1. The maximum Gasteiger partial charge on any atom is 0.161 e. The van der Waals surface area contributed by atoms with Gasteiger partial charge in [0.05, 0.1) is 17.8 Å². The molecule has 0 amide bonds. The lowest BCUT2D eigenvalue weighted by molar-refractivity contribution is -0.117. The highest BCUT2D eigenvalue weighted by Crippen LogP contribution is 2.37. The minimum Gasteiger partial charge on any atom is -0.349 e. The highest BCUT2D eigenvalue weighted by atomic mass is 28.4. The Morgan fingerprint density at radius 2 is 1.00 bits per heavy atom. The van der Waals surface area contributed by atoms with Crippen molar-refractivity contribution in [1.82, 2.24) is 8.68 Å². The molecule has 2 heterocycles. The van der Waals surface area contributed by atoms with E-state index in [0.29, 0.717) is 18.6 Å². The average molecular weight is 467 g/mol. The van der Waals surface area contributed by atoms with Crippen LogP contribution in [-0.2, 0) is 4.79 Å². The topological polar surface area (TPSA) is 48.3 Å². The number of nitrogens with zero attached hydrogens (tertiary/aromatic N) is 4. The van der Waals surface area contributed by atoms with Gasteiger partial charge in [-0.25, -0.2) is 0 Å². The molecule has 2 aliphatic heterocycles. The molecule has 3 rings (SSSR count). The third-order valence-electron chi connectivity index (χ3n) is 7.23. The van der Waals surface area contributed by atoms with Gasteiger partial charge in [0.1, 0.15) is 5.78 Å². The number of carbonyl (C=O) groups excluding carboxylic acids is 1. The van der Waals surface area contributed by atoms with Crippen molar-refractivity contribution in [3.05, 3.63) is 0 Å². The Bertz CT molecular complexity index is 698. The average Bonchev–Trinajstić information content (AvgIpc) is 2.55. The quantitative estimate of drug-likeness (QED) is 0.492. The Hall–Kier alpha value is -0.522. The number of Topliss-reactive ketones (excluding diaryl/α,β-unsaturated/α-hetero) is 1. The van der Waals surface area contributed by atoms with Crippen molar-refractivity contribution < 1.29 is 4.79 Å². The van der Waals surface area contributed by atoms with Gasteiger partial charge in [0.2, 0.25) is 0 Å². The zero-order valence-corrected chi connectivity index (χ0v) is 24.1. The Kier molecular flexibility index (Phi) is 6.28. The Labute approximate surface area is 182 Å². The summed E-state index contributed by atoms with van der Waals surface area (Å²) in [5.74, 6) is 0.338. The number of rotatable bonds is 2. The molecule has 0 unspecified atom stereocenters. The fourth-order valence-corrected chi connectivity index (χ4v) is 27.5. The fraction of sp³-hybridized carbons (Fsp3) is 0.850. The van der Waals surface area contributed by atoms with Gasteiger partial charge in [-0.05, 0) is 24.2 Å². The monoisotopic (exact) mass is 466 g/mol. The number of ketones is 1. The zero-order chi connectivity index (χ0) is 21.7. The van der Waals surface area contributed by atoms with E-state index in [-0.39, 0.29) is 0 Å². The highest BCUT2D eigenvalue weighted by Gasteiger charge is 2.46. The zero-order valence-electron chi connectivity index (χ0n) is 20.1. The molecule has 0 aromatic carbocycles. The lowest BCUT2D eigenvalue weighted by atomic mass is 9.95. The van der Waals surface area contributed by atoms with Crippen LogP contribution in [0.25, 0.3) is 0 Å². The van der Waals surface area contributed by atoms with Gasteiger partial charge >= 0.3 is 0 Å². The first-order chi connectivity index (χ1) is 13.2. The molecule has 0 N–H and O–H groups in total. The lowest BCUT2D eigenvalue weighted by Crippen LogP contribution is -2.63. The van der Waals surface area contributed by atoms with Crippen molar-refractivity contribution in [1.29, 1.82) is 0 Å². The van der Waals surface area contributed by atoms with Crippen molar-refractivity contribution >= 4 is 50.1 Å². The number of carbonyl (C=O) groups is 1. The van der Waals surface area contributed by atoms with Gasteiger partial charge in [-0.2, -0.15) is 10.2 Å². The van der Waals surface area contributed by atoms with Crippen LogP contribution in [0.1, 0.15) is 32.1 Å². The van der Waals surface area contributed by atoms with Crippen LogP contribution in [0.5, 0.6) is 0 Å². The molecular formula is C20H42N4OSi4. The summed E-state index contributed by atoms with van der Waals surface area (Å²) < 4.78 is 5.19. The number of hydrogen-bond donors (Lipinski definition) is 0. The molecule has 5 nitrogen and oxygen atoms in total. The first-order valence-electron chi connectivity index (χ1n) is 11.5. The summed E-state index contributed by atoms with van der Waals surface area (Å²) in [6.45, 7) is 19.8. The van der Waals surface area contributed by atoms with E-state index in [4.69, 9.17) is 10.2 Å². The van der Waals surface area contributed by atoms with Crippen LogP contribution in [0.3, 0.4) is 0 Å². The predicted molar refractivity (Wildman–Crippen MR) is 136 cm³/mol. The second-order valence-electron chi connectivity index (χ2n) is 11.9. The maximum absolute atomic E-state index is 12.4. The van der Waals surface area contributed by atoms with Crippen LogP contribution in [0.2, 0.25) is 76.6 Å². The predicted octanol–water partition coefficient (Wildman–Crippen LogP) is 5.68. The summed E-state index contributed by atoms with van der Waals surface area (Å²) in [7, 11) is -6.16. The smallest absolute Gasteiger partial charge is 0.161 e. The Balaban J connectivity index is 2.02. The van der Waals surface area contributed by atoms with E-state index in [0.717, 1.165) is 17.8 Å². The summed E-state index contributed by atoms with van der Waals surface area (Å²) in [5.41, 5.74) is 2.14. The second-order valence-corrected chi connectivity index (χ2v) is 31.0. The Morgan fingerprint density at radius 1 is 0.621 bits per heavy atom. The van der Waals surface area contributed by atoms with E-state index in [1.54, 1.807) is 0 Å². The van der Waals surface area contributed by atoms with Crippen molar-refractivity contribution in [3.63, 3.8) is 0 Å². The van der Waals surface area contributed by atoms with Gasteiger partial charge in [0, 0.05) is 12.8 Å². The molecule has 1 aliphatic carbocycles. The van der Waals surface area contributed by atoms with Crippen LogP contribution in [0.15, 0.2) is 10.2 Å². The second kappa shape index (κ2) is 7.87. The molecule has 0 radical (unpaired) electrons. The molecule has 9 heteroatoms. The van der Waals surface area contributed by atoms with Gasteiger partial charge in [0.15, 0.2) is 32.9 Å². The van der Waals surface area contributed by atoms with E-state index in [1.165, 1.54) is 37.0 Å². The third kappa shape index (κ3) is 4.88. The van der Waals surface area contributed by atoms with Crippen LogP contribution < -0.4 is 0 Å². The molecule has 0 atom stereocenters. The molecule has 0 spiro atoms. The molecule has 0 aromatic rings. The summed E-state index contributed by atoms with van der Waals surface area (Å²) in [6, 6.07) is 5.29. The standard InChI is InChI=1S/C20H42N4OSi4/c1-26(2)13-9-14-27(3,4)23(26)21-19-12-11-18(25)17-20(19)22-24-28(5,6)15-10-16-29(24,7)8/h9-17H2,1-8H3. The largest absolute Gasteiger partial charge is 0.349 e. The molecular weight excluding hydrogens is 425 g/mol. The highest BCUT2D eigenvalue weighted by molar-refractivity contribution is 6.92. The van der Waals surface area contributed by atoms with E-state index in [9.17, 15) is 4.79 Å². The molecule has 1 saturated carbocycles. The molecule has 29 heavy (non-hydrogen) atoms. The fourth-order valence-electron chi connectivity index (χ4n) is 5.73. The normalized spacial score (nSPS) is 31.4. The third-order valence-corrected chi connectivity index (χ3v) is 25.8. The summed E-state index contributed by atoms with van der Waals surface area (Å²) in [4.78, 5) is 12.4. The van der Waals surface area contributed by atoms with Gasteiger partial charge in [0.25, 0.3) is 0 Å². The van der Waals surface area contributed by atoms with Gasteiger partial charge in [-0.15, -0.1) is 0 Å². The van der Waals surface area contributed by atoms with E-state index in [1.807, 2.05) is 0 Å². The molecule has 2 saturated heterocycles. The van der Waals surface area contributed by atoms with E-state index in [2.05, 4.69) is 61.1 Å². The number of hydrazone groups is 2. The minimum absolute atomic E-state index is 0.338. The van der Waals surface area contributed by atoms with Crippen LogP contribution in [0, 0.1) is 0 Å². The minimum atomic E-state index is -1.55. The molecule has 3 fully saturated rings. The van der Waals surface area contributed by atoms with Crippen molar-refractivity contribution in [2.75, 3.05) is 0 Å². The lowest BCUT2D eigenvalue weighted by Gasteiger charge is -2.50. The Morgan fingerprint density at radius 3 is 1.41 bits per heavy atom. The van der Waals surface area contributed by atoms with Gasteiger partial charge in [-0.3, -0.25) is 4.79 Å².